The number of imidazole rings is 1. The summed E-state index contributed by atoms with van der Waals surface area (Å²) in [5.74, 6) is 0.655. The second-order valence-corrected chi connectivity index (χ2v) is 5.99. The topological polar surface area (TPSA) is 52.5 Å². The molecule has 0 saturated carbocycles. The predicted molar refractivity (Wildman–Crippen MR) is 98.0 cm³/mol. The van der Waals surface area contributed by atoms with Crippen LogP contribution in [-0.4, -0.2) is 16.5 Å². The normalized spacial score (nSPS) is 11.4. The van der Waals surface area contributed by atoms with E-state index in [2.05, 4.69) is 31.2 Å². The van der Waals surface area contributed by atoms with Crippen LogP contribution < -0.4 is 5.73 Å². The number of hydrogen-bond acceptors (Lipinski definition) is 3. The van der Waals surface area contributed by atoms with Gasteiger partial charge in [-0.2, -0.15) is 0 Å². The van der Waals surface area contributed by atoms with E-state index in [1.165, 1.54) is 0 Å². The fraction of sp³-hybridized carbons (Fsp3) is 0.150. The summed E-state index contributed by atoms with van der Waals surface area (Å²) in [6, 6.07) is 16.4. The predicted octanol–water partition coefficient (Wildman–Crippen LogP) is 4.19. The third-order valence-corrected chi connectivity index (χ3v) is 4.45. The molecule has 2 aromatic heterocycles. The Balaban J connectivity index is 2.09. The van der Waals surface area contributed by atoms with Crippen LogP contribution in [0.1, 0.15) is 11.1 Å². The molecular weight excluding hydrogens is 298 g/mol. The largest absolute Gasteiger partial charge is 0.383 e. The molecule has 4 aromatic rings. The average Bonchev–Trinajstić information content (AvgIpc) is 2.93. The lowest BCUT2D eigenvalue weighted by Gasteiger charge is -2.08. The van der Waals surface area contributed by atoms with Crippen molar-refractivity contribution in [3.8, 4) is 11.3 Å². The fourth-order valence-corrected chi connectivity index (χ4v) is 3.26. The first-order valence-electron chi connectivity index (χ1n) is 7.94. The zero-order valence-corrected chi connectivity index (χ0v) is 13.8. The summed E-state index contributed by atoms with van der Waals surface area (Å²) in [6.07, 6.45) is 2.03. The van der Waals surface area contributed by atoms with E-state index in [4.69, 9.17) is 15.5 Å². The van der Waals surface area contributed by atoms with Crippen LogP contribution in [0, 0.1) is 6.92 Å². The molecule has 2 N–H and O–H groups in total. The van der Waals surface area contributed by atoms with Gasteiger partial charge in [-0.05, 0) is 17.9 Å². The maximum atomic E-state index is 6.46. The van der Waals surface area contributed by atoms with Crippen molar-refractivity contribution in [3.05, 3.63) is 65.9 Å². The maximum Gasteiger partial charge on any atom is 0.147 e. The zero-order valence-electron chi connectivity index (χ0n) is 13.8. The monoisotopic (exact) mass is 317 g/mol. The molecule has 0 fully saturated rings. The van der Waals surface area contributed by atoms with Crippen molar-refractivity contribution in [1.82, 2.24) is 9.38 Å². The number of ether oxygens (including phenoxy) is 1. The SMILES string of the molecule is COCc1cn2c(N)c(-c3ccccc3C)nc2c2ccccc12. The molecule has 0 aliphatic carbocycles. The molecule has 0 saturated heterocycles. The Morgan fingerprint density at radius 2 is 1.75 bits per heavy atom. The summed E-state index contributed by atoms with van der Waals surface area (Å²) in [6.45, 7) is 2.61. The number of aromatic nitrogens is 2. The Morgan fingerprint density at radius 3 is 2.50 bits per heavy atom. The van der Waals surface area contributed by atoms with Gasteiger partial charge in [-0.15, -0.1) is 0 Å². The Labute approximate surface area is 140 Å². The van der Waals surface area contributed by atoms with Crippen molar-refractivity contribution in [2.24, 2.45) is 0 Å². The van der Waals surface area contributed by atoms with E-state index in [0.717, 1.165) is 38.8 Å². The highest BCUT2D eigenvalue weighted by Gasteiger charge is 2.16. The van der Waals surface area contributed by atoms with E-state index >= 15 is 0 Å². The number of nitrogens with zero attached hydrogens (tertiary/aromatic N) is 2. The van der Waals surface area contributed by atoms with Gasteiger partial charge < -0.3 is 10.5 Å². The summed E-state index contributed by atoms with van der Waals surface area (Å²) in [7, 11) is 1.70. The van der Waals surface area contributed by atoms with Crippen LogP contribution in [0.3, 0.4) is 0 Å². The Kier molecular flexibility index (Phi) is 3.47. The van der Waals surface area contributed by atoms with Gasteiger partial charge in [-0.25, -0.2) is 4.98 Å². The number of aryl methyl sites for hydroxylation is 1. The number of methoxy groups -OCH3 is 1. The quantitative estimate of drug-likeness (QED) is 0.616. The van der Waals surface area contributed by atoms with Gasteiger partial charge in [-0.1, -0.05) is 48.5 Å². The van der Waals surface area contributed by atoms with E-state index in [1.807, 2.05) is 34.9 Å². The molecule has 2 aromatic carbocycles. The van der Waals surface area contributed by atoms with E-state index in [0.29, 0.717) is 12.4 Å². The minimum atomic E-state index is 0.535. The molecule has 4 rings (SSSR count). The van der Waals surface area contributed by atoms with Gasteiger partial charge in [0.1, 0.15) is 17.2 Å². The third kappa shape index (κ3) is 2.15. The van der Waals surface area contributed by atoms with Crippen LogP contribution in [0.25, 0.3) is 27.7 Å². The molecule has 0 spiro atoms. The van der Waals surface area contributed by atoms with Gasteiger partial charge >= 0.3 is 0 Å². The zero-order chi connectivity index (χ0) is 16.7. The molecule has 0 unspecified atom stereocenters. The first-order valence-corrected chi connectivity index (χ1v) is 7.94. The van der Waals surface area contributed by atoms with Crippen molar-refractivity contribution in [2.45, 2.75) is 13.5 Å². The molecule has 4 heteroatoms. The highest BCUT2D eigenvalue weighted by Crippen LogP contribution is 2.33. The molecule has 0 aliphatic rings. The summed E-state index contributed by atoms with van der Waals surface area (Å²) in [5, 5.41) is 2.23. The summed E-state index contributed by atoms with van der Waals surface area (Å²) in [4.78, 5) is 4.87. The lowest BCUT2D eigenvalue weighted by Crippen LogP contribution is -1.99. The minimum absolute atomic E-state index is 0.535. The molecule has 2 heterocycles. The molecule has 0 amide bonds. The van der Waals surface area contributed by atoms with Crippen molar-refractivity contribution in [3.63, 3.8) is 0 Å². The van der Waals surface area contributed by atoms with Crippen LogP contribution >= 0.6 is 0 Å². The van der Waals surface area contributed by atoms with Gasteiger partial charge in [0.15, 0.2) is 0 Å². The van der Waals surface area contributed by atoms with Crippen LogP contribution in [-0.2, 0) is 11.3 Å². The van der Waals surface area contributed by atoms with Gasteiger partial charge in [0, 0.05) is 29.8 Å². The average molecular weight is 317 g/mol. The number of rotatable bonds is 3. The second kappa shape index (κ2) is 5.65. The standard InChI is InChI=1S/C20H19N3O/c1-13-7-3-4-8-15(13)18-19(21)23-11-14(12-24-2)16-9-5-6-10-17(16)20(23)22-18/h3-11H,12,21H2,1-2H3. The molecule has 4 nitrogen and oxygen atoms in total. The Hall–Kier alpha value is -2.85. The number of hydrogen-bond donors (Lipinski definition) is 1. The van der Waals surface area contributed by atoms with E-state index in [1.54, 1.807) is 7.11 Å². The highest BCUT2D eigenvalue weighted by molar-refractivity contribution is 5.98. The number of nitrogen functional groups attached to an aromatic ring is 1. The lowest BCUT2D eigenvalue weighted by molar-refractivity contribution is 0.185. The Bertz CT molecular complexity index is 1050. The van der Waals surface area contributed by atoms with Crippen molar-refractivity contribution >= 4 is 22.2 Å². The van der Waals surface area contributed by atoms with Gasteiger partial charge in [-0.3, -0.25) is 4.40 Å². The molecular formula is C20H19N3O. The molecule has 0 atom stereocenters. The Morgan fingerprint density at radius 1 is 1.04 bits per heavy atom. The summed E-state index contributed by atoms with van der Waals surface area (Å²) >= 11 is 0. The van der Waals surface area contributed by atoms with Crippen molar-refractivity contribution in [2.75, 3.05) is 12.8 Å². The summed E-state index contributed by atoms with van der Waals surface area (Å²) in [5.41, 5.74) is 11.5. The molecule has 0 aliphatic heterocycles. The van der Waals surface area contributed by atoms with Crippen molar-refractivity contribution in [1.29, 1.82) is 0 Å². The maximum absolute atomic E-state index is 6.46. The fourth-order valence-electron chi connectivity index (χ4n) is 3.26. The molecule has 24 heavy (non-hydrogen) atoms. The van der Waals surface area contributed by atoms with Gasteiger partial charge in [0.05, 0.1) is 6.61 Å². The lowest BCUT2D eigenvalue weighted by atomic mass is 10.1. The number of anilines is 1. The number of nitrogens with two attached hydrogens (primary N) is 1. The molecule has 0 bridgehead atoms. The van der Waals surface area contributed by atoms with Crippen LogP contribution in [0.5, 0.6) is 0 Å². The number of pyridine rings is 1. The van der Waals surface area contributed by atoms with Crippen LogP contribution in [0.2, 0.25) is 0 Å². The van der Waals surface area contributed by atoms with E-state index < -0.39 is 0 Å². The van der Waals surface area contributed by atoms with E-state index in [-0.39, 0.29) is 0 Å². The van der Waals surface area contributed by atoms with Gasteiger partial charge in [0.2, 0.25) is 0 Å². The minimum Gasteiger partial charge on any atom is -0.383 e. The first-order chi connectivity index (χ1) is 11.7. The van der Waals surface area contributed by atoms with Crippen molar-refractivity contribution < 1.29 is 4.74 Å². The smallest absolute Gasteiger partial charge is 0.147 e. The second-order valence-electron chi connectivity index (χ2n) is 5.99. The van der Waals surface area contributed by atoms with Gasteiger partial charge in [0.25, 0.3) is 0 Å². The number of benzene rings is 2. The van der Waals surface area contributed by atoms with Crippen LogP contribution in [0.15, 0.2) is 54.7 Å². The first kappa shape index (κ1) is 14.7. The summed E-state index contributed by atoms with van der Waals surface area (Å²) < 4.78 is 7.33. The number of fused-ring (bicyclic) bond motifs is 3. The highest BCUT2D eigenvalue weighted by atomic mass is 16.5. The van der Waals surface area contributed by atoms with Crippen LogP contribution in [0.4, 0.5) is 5.82 Å². The third-order valence-electron chi connectivity index (χ3n) is 4.45. The molecule has 120 valence electrons. The molecule has 0 radical (unpaired) electrons. The van der Waals surface area contributed by atoms with E-state index in [9.17, 15) is 0 Å².